The molecule has 2 aromatic carbocycles. The van der Waals surface area contributed by atoms with Crippen LogP contribution in [0.3, 0.4) is 0 Å². The number of nitrogens with one attached hydrogen (secondary N) is 1. The van der Waals surface area contributed by atoms with Crippen molar-refractivity contribution < 1.29 is 19.6 Å². The number of nitrogens with zero attached hydrogens (tertiary/aromatic N) is 1. The number of para-hydroxylation sites is 1. The number of nitro benzene ring substituents is 1. The zero-order valence-electron chi connectivity index (χ0n) is 11.9. The van der Waals surface area contributed by atoms with E-state index in [1.165, 1.54) is 12.1 Å². The smallest absolute Gasteiger partial charge is 0.273 e. The van der Waals surface area contributed by atoms with Crippen LogP contribution in [0.25, 0.3) is 0 Å². The maximum atomic E-state index is 11.8. The van der Waals surface area contributed by atoms with E-state index < -0.39 is 10.8 Å². The molecule has 0 aromatic heterocycles. The van der Waals surface area contributed by atoms with Gasteiger partial charge in [0.05, 0.1) is 34.7 Å². The number of nitro groups is 1. The molecule has 0 saturated carbocycles. The van der Waals surface area contributed by atoms with E-state index in [1.807, 2.05) is 0 Å². The lowest BCUT2D eigenvalue weighted by Gasteiger charge is -2.09. The van der Waals surface area contributed by atoms with Gasteiger partial charge in [0.25, 0.3) is 5.69 Å². The van der Waals surface area contributed by atoms with Crippen LogP contribution in [0.15, 0.2) is 42.5 Å². The van der Waals surface area contributed by atoms with E-state index in [1.54, 1.807) is 24.3 Å². The van der Waals surface area contributed by atoms with Crippen LogP contribution in [-0.4, -0.2) is 22.5 Å². The molecule has 0 aliphatic carbocycles. The molecule has 120 valence electrons. The Morgan fingerprint density at radius 2 is 2.04 bits per heavy atom. The lowest BCUT2D eigenvalue weighted by molar-refractivity contribution is -0.384. The van der Waals surface area contributed by atoms with Gasteiger partial charge in [-0.25, -0.2) is 0 Å². The number of ether oxygens (including phenoxy) is 1. The summed E-state index contributed by atoms with van der Waals surface area (Å²) in [7, 11) is 0. The molecule has 0 spiro atoms. The summed E-state index contributed by atoms with van der Waals surface area (Å²) in [6.07, 6.45) is 0.0294. The monoisotopic (exact) mass is 336 g/mol. The Labute approximate surface area is 136 Å². The molecule has 0 aliphatic heterocycles. The first-order valence-electron chi connectivity index (χ1n) is 6.62. The van der Waals surface area contributed by atoms with E-state index >= 15 is 0 Å². The second-order valence-corrected chi connectivity index (χ2v) is 4.94. The van der Waals surface area contributed by atoms with Gasteiger partial charge in [0.1, 0.15) is 11.5 Å². The number of carbonyl (C=O) groups is 1. The number of phenols is 1. The third-order valence-electron chi connectivity index (χ3n) is 2.89. The highest BCUT2D eigenvalue weighted by molar-refractivity contribution is 6.32. The van der Waals surface area contributed by atoms with Crippen LogP contribution in [0, 0.1) is 10.1 Å². The van der Waals surface area contributed by atoms with Gasteiger partial charge in [-0.2, -0.15) is 0 Å². The molecule has 8 heteroatoms. The summed E-state index contributed by atoms with van der Waals surface area (Å²) in [5.74, 6) is -0.305. The Morgan fingerprint density at radius 3 is 2.70 bits per heavy atom. The summed E-state index contributed by atoms with van der Waals surface area (Å²) < 4.78 is 5.38. The molecule has 2 aromatic rings. The Morgan fingerprint density at radius 1 is 1.30 bits per heavy atom. The third kappa shape index (κ3) is 4.58. The maximum Gasteiger partial charge on any atom is 0.273 e. The number of halogens is 1. The molecule has 23 heavy (non-hydrogen) atoms. The van der Waals surface area contributed by atoms with Gasteiger partial charge < -0.3 is 15.2 Å². The molecule has 0 aliphatic rings. The van der Waals surface area contributed by atoms with Crippen molar-refractivity contribution in [3.63, 3.8) is 0 Å². The molecular weight excluding hydrogens is 324 g/mol. The molecule has 0 saturated heterocycles. The largest absolute Gasteiger partial charge is 0.506 e. The molecule has 0 bridgehead atoms. The molecule has 0 radical (unpaired) electrons. The van der Waals surface area contributed by atoms with Gasteiger partial charge in [0.15, 0.2) is 0 Å². The first-order valence-corrected chi connectivity index (χ1v) is 7.00. The third-order valence-corrected chi connectivity index (χ3v) is 3.20. The molecule has 2 rings (SSSR count). The number of rotatable bonds is 6. The van der Waals surface area contributed by atoms with Crippen LogP contribution in [0.5, 0.6) is 11.5 Å². The number of aromatic hydroxyl groups is 1. The first-order chi connectivity index (χ1) is 11.0. The number of phenolic OH excluding ortho intramolecular Hbond substituents is 1. The van der Waals surface area contributed by atoms with Crippen molar-refractivity contribution in [2.75, 3.05) is 11.9 Å². The standard InChI is InChI=1S/C15H13ClN2O5/c16-11-3-1-2-4-14(11)23-8-7-15(20)17-12-6-5-10(18(21)22)9-13(12)19/h1-6,9,19H,7-8H2,(H,17,20). The number of benzene rings is 2. The topological polar surface area (TPSA) is 102 Å². The summed E-state index contributed by atoms with van der Waals surface area (Å²) >= 11 is 5.92. The number of anilines is 1. The minimum absolute atomic E-state index is 0.0294. The number of hydrogen-bond acceptors (Lipinski definition) is 5. The van der Waals surface area contributed by atoms with Crippen LogP contribution in [0.4, 0.5) is 11.4 Å². The highest BCUT2D eigenvalue weighted by Crippen LogP contribution is 2.28. The van der Waals surface area contributed by atoms with Crippen molar-refractivity contribution in [2.24, 2.45) is 0 Å². The summed E-state index contributed by atoms with van der Waals surface area (Å²) in [6, 6.07) is 10.3. The lowest BCUT2D eigenvalue weighted by Crippen LogP contribution is -2.15. The van der Waals surface area contributed by atoms with Crippen LogP contribution in [-0.2, 0) is 4.79 Å². The van der Waals surface area contributed by atoms with Crippen molar-refractivity contribution in [2.45, 2.75) is 6.42 Å². The number of hydrogen-bond donors (Lipinski definition) is 2. The van der Waals surface area contributed by atoms with E-state index in [2.05, 4.69) is 5.32 Å². The molecular formula is C15H13ClN2O5. The van der Waals surface area contributed by atoms with Gasteiger partial charge in [-0.1, -0.05) is 23.7 Å². The average molecular weight is 337 g/mol. The summed E-state index contributed by atoms with van der Waals surface area (Å²) in [6.45, 7) is 0.101. The number of non-ortho nitro benzene ring substituents is 1. The zero-order chi connectivity index (χ0) is 16.8. The summed E-state index contributed by atoms with van der Waals surface area (Å²) in [5.41, 5.74) is -0.166. The minimum Gasteiger partial charge on any atom is -0.506 e. The first kappa shape index (κ1) is 16.6. The number of amides is 1. The molecule has 7 nitrogen and oxygen atoms in total. The molecule has 2 N–H and O–H groups in total. The zero-order valence-corrected chi connectivity index (χ0v) is 12.6. The fourth-order valence-electron chi connectivity index (χ4n) is 1.77. The SMILES string of the molecule is O=C(CCOc1ccccc1Cl)Nc1ccc([N+](=O)[O-])cc1O. The number of carbonyl (C=O) groups excluding carboxylic acids is 1. The van der Waals surface area contributed by atoms with Crippen LogP contribution in [0.2, 0.25) is 5.02 Å². The highest BCUT2D eigenvalue weighted by atomic mass is 35.5. The van der Waals surface area contributed by atoms with Crippen molar-refractivity contribution in [1.29, 1.82) is 0 Å². The van der Waals surface area contributed by atoms with E-state index in [0.29, 0.717) is 10.8 Å². The molecule has 0 heterocycles. The minimum atomic E-state index is -0.636. The highest BCUT2D eigenvalue weighted by Gasteiger charge is 2.12. The van der Waals surface area contributed by atoms with Crippen molar-refractivity contribution in [3.05, 3.63) is 57.6 Å². The predicted molar refractivity (Wildman–Crippen MR) is 85.0 cm³/mol. The predicted octanol–water partition coefficient (Wildman–Crippen LogP) is 3.36. The fraction of sp³-hybridized carbons (Fsp3) is 0.133. The van der Waals surface area contributed by atoms with Crippen LogP contribution >= 0.6 is 11.6 Å². The van der Waals surface area contributed by atoms with Crippen molar-refractivity contribution >= 4 is 28.9 Å². The van der Waals surface area contributed by atoms with E-state index in [4.69, 9.17) is 16.3 Å². The molecule has 0 unspecified atom stereocenters. The van der Waals surface area contributed by atoms with E-state index in [9.17, 15) is 20.0 Å². The summed E-state index contributed by atoms with van der Waals surface area (Å²) in [5, 5.41) is 23.1. The Balaban J connectivity index is 1.88. The Hall–Kier alpha value is -2.80. The average Bonchev–Trinajstić information content (AvgIpc) is 2.51. The molecule has 1 amide bonds. The second kappa shape index (κ2) is 7.46. The molecule has 0 fully saturated rings. The summed E-state index contributed by atoms with van der Waals surface area (Å²) in [4.78, 5) is 21.7. The van der Waals surface area contributed by atoms with Crippen molar-refractivity contribution in [3.8, 4) is 11.5 Å². The Kier molecular flexibility index (Phi) is 5.37. The van der Waals surface area contributed by atoms with Gasteiger partial charge in [0, 0.05) is 6.07 Å². The maximum absolute atomic E-state index is 11.8. The Bertz CT molecular complexity index is 736. The van der Waals surface area contributed by atoms with Crippen molar-refractivity contribution in [1.82, 2.24) is 0 Å². The van der Waals surface area contributed by atoms with Gasteiger partial charge in [0.2, 0.25) is 5.91 Å². The van der Waals surface area contributed by atoms with Gasteiger partial charge in [-0.15, -0.1) is 0 Å². The van der Waals surface area contributed by atoms with Crippen LogP contribution in [0.1, 0.15) is 6.42 Å². The quantitative estimate of drug-likeness (QED) is 0.478. The second-order valence-electron chi connectivity index (χ2n) is 4.54. The fourth-order valence-corrected chi connectivity index (χ4v) is 1.96. The molecule has 0 atom stereocenters. The van der Waals surface area contributed by atoms with Gasteiger partial charge >= 0.3 is 0 Å². The normalized spacial score (nSPS) is 10.1. The van der Waals surface area contributed by atoms with Gasteiger partial charge in [-0.05, 0) is 18.2 Å². The van der Waals surface area contributed by atoms with Gasteiger partial charge in [-0.3, -0.25) is 14.9 Å². The lowest BCUT2D eigenvalue weighted by atomic mass is 10.2. The van der Waals surface area contributed by atoms with E-state index in [0.717, 1.165) is 6.07 Å². The van der Waals surface area contributed by atoms with E-state index in [-0.39, 0.29) is 30.2 Å². The van der Waals surface area contributed by atoms with Crippen LogP contribution < -0.4 is 10.1 Å².